The molecule has 0 saturated carbocycles. The van der Waals surface area contributed by atoms with Gasteiger partial charge in [-0.1, -0.05) is 72.8 Å². The molecule has 0 radical (unpaired) electrons. The Morgan fingerprint density at radius 1 is 0.615 bits per heavy atom. The van der Waals surface area contributed by atoms with Gasteiger partial charge < -0.3 is 5.73 Å². The van der Waals surface area contributed by atoms with E-state index in [-0.39, 0.29) is 24.4 Å². The molecule has 0 heterocycles. The summed E-state index contributed by atoms with van der Waals surface area (Å²) in [6.45, 7) is 14.7. The first-order chi connectivity index (χ1) is 17.9. The molecule has 4 aromatic carbocycles. The molecule has 0 aliphatic rings. The molecular weight excluding hydrogens is 590 g/mol. The summed E-state index contributed by atoms with van der Waals surface area (Å²) in [4.78, 5) is 0.251. The molecule has 6 heteroatoms. The topological polar surface area (TPSA) is 72.2 Å². The fourth-order valence-electron chi connectivity index (χ4n) is 4.61. The molecule has 208 valence electrons. The van der Waals surface area contributed by atoms with E-state index in [2.05, 4.69) is 45.4 Å². The van der Waals surface area contributed by atoms with Gasteiger partial charge in [0.05, 0.1) is 17.0 Å². The van der Waals surface area contributed by atoms with E-state index < -0.39 is 22.1 Å². The van der Waals surface area contributed by atoms with Crippen molar-refractivity contribution in [3.63, 3.8) is 0 Å². The average molecular weight is 630 g/mol. The van der Waals surface area contributed by atoms with Crippen LogP contribution in [-0.2, 0) is 29.5 Å². The van der Waals surface area contributed by atoms with Crippen molar-refractivity contribution in [3.8, 4) is 0 Å². The second-order valence-electron chi connectivity index (χ2n) is 10.2. The largest absolute Gasteiger partial charge is 0.322 e. The van der Waals surface area contributed by atoms with Crippen LogP contribution in [0.5, 0.6) is 0 Å². The molecule has 0 spiro atoms. The van der Waals surface area contributed by atoms with Gasteiger partial charge in [-0.3, -0.25) is 0 Å². The smallest absolute Gasteiger partial charge is 0.241 e. The minimum atomic E-state index is -3.74. The van der Waals surface area contributed by atoms with Crippen LogP contribution >= 0.6 is 0 Å². The molecule has 0 bridgehead atoms. The van der Waals surface area contributed by atoms with Crippen molar-refractivity contribution < 1.29 is 27.9 Å². The van der Waals surface area contributed by atoms with Gasteiger partial charge >= 0.3 is 0 Å². The number of rotatable bonds is 6. The number of aryl methyl sites for hydroxylation is 4. The summed E-state index contributed by atoms with van der Waals surface area (Å²) in [5.41, 5.74) is 17.1. The average Bonchev–Trinajstić information content (AvgIpc) is 2.90. The van der Waals surface area contributed by atoms with Crippen LogP contribution < -0.4 is 10.5 Å². The van der Waals surface area contributed by atoms with Crippen LogP contribution in [0.1, 0.15) is 62.2 Å². The summed E-state index contributed by atoms with van der Waals surface area (Å²) in [5.74, 6) is 0. The molecule has 0 amide bonds. The van der Waals surface area contributed by atoms with Crippen molar-refractivity contribution in [1.82, 2.24) is 4.72 Å². The number of nitrogens with one attached hydrogen (secondary N) is 1. The van der Waals surface area contributed by atoms with Gasteiger partial charge in [0.2, 0.25) is 10.0 Å². The fraction of sp³-hybridized carbons (Fsp3) is 0.273. The molecule has 0 unspecified atom stereocenters. The van der Waals surface area contributed by atoms with E-state index in [0.29, 0.717) is 0 Å². The monoisotopic (exact) mass is 630 g/mol. The fourth-order valence-corrected chi connectivity index (χ4v) is 6.05. The number of nitrogens with two attached hydrogens (primary N) is 1. The van der Waals surface area contributed by atoms with Crippen molar-refractivity contribution in [2.45, 2.75) is 65.4 Å². The van der Waals surface area contributed by atoms with E-state index in [9.17, 15) is 8.42 Å². The molecule has 4 rings (SSSR count). The third-order valence-corrected chi connectivity index (χ3v) is 8.65. The molecule has 0 aliphatic carbocycles. The van der Waals surface area contributed by atoms with Crippen LogP contribution in [0.3, 0.4) is 0 Å². The zero-order valence-corrected chi connectivity index (χ0v) is 26.4. The first kappa shape index (κ1) is 32.6. The Hall–Kier alpha value is -2.63. The first-order valence-electron chi connectivity index (χ1n) is 12.9. The Morgan fingerprint density at radius 3 is 1.51 bits per heavy atom. The predicted molar refractivity (Wildman–Crippen MR) is 159 cm³/mol. The van der Waals surface area contributed by atoms with Crippen molar-refractivity contribution in [1.29, 1.82) is 0 Å². The summed E-state index contributed by atoms with van der Waals surface area (Å²) in [6.07, 6.45) is 0. The van der Waals surface area contributed by atoms with Crippen molar-refractivity contribution in [2.75, 3.05) is 0 Å². The van der Waals surface area contributed by atoms with Crippen molar-refractivity contribution in [3.05, 3.63) is 135 Å². The van der Waals surface area contributed by atoms with Crippen LogP contribution in [0.25, 0.3) is 0 Å². The molecule has 4 nitrogen and oxygen atoms in total. The van der Waals surface area contributed by atoms with Gasteiger partial charge in [0.15, 0.2) is 0 Å². The van der Waals surface area contributed by atoms with E-state index >= 15 is 0 Å². The number of hydrogen-bond donors (Lipinski definition) is 2. The molecule has 4 aromatic rings. The van der Waals surface area contributed by atoms with Crippen LogP contribution in [0.4, 0.5) is 0 Å². The second-order valence-corrected chi connectivity index (χ2v) is 11.9. The maximum Gasteiger partial charge on any atom is 0.241 e. The third kappa shape index (κ3) is 8.43. The summed E-state index contributed by atoms with van der Waals surface area (Å²) in [6, 6.07) is 25.4. The van der Waals surface area contributed by atoms with Crippen LogP contribution in [0, 0.1) is 48.5 Å². The predicted octanol–water partition coefficient (Wildman–Crippen LogP) is 7.25. The molecule has 3 N–H and O–H groups in total. The van der Waals surface area contributed by atoms with Gasteiger partial charge in [0, 0.05) is 19.5 Å². The van der Waals surface area contributed by atoms with Gasteiger partial charge in [0.1, 0.15) is 0 Å². The van der Waals surface area contributed by atoms with Gasteiger partial charge in [-0.15, -0.1) is 0 Å². The Bertz CT molecular complexity index is 1440. The zero-order chi connectivity index (χ0) is 28.0. The number of benzene rings is 4. The SMILES string of the molecule is Cc1cc(C)c(C)c(C)c1C.Cc1cc(C)cc(S(=O)(=O)N[C@@H](c2ccccc2)[C@@H](N)c2ccccc2)c1.[Ru]. The Morgan fingerprint density at radius 2 is 1.05 bits per heavy atom. The summed E-state index contributed by atoms with van der Waals surface area (Å²) < 4.78 is 29.0. The molecular formula is C33H40N2O2RuS. The maximum absolute atomic E-state index is 13.1. The minimum Gasteiger partial charge on any atom is -0.322 e. The van der Waals surface area contributed by atoms with E-state index in [1.54, 1.807) is 12.1 Å². The summed E-state index contributed by atoms with van der Waals surface area (Å²) in [7, 11) is -3.74. The van der Waals surface area contributed by atoms with E-state index in [1.807, 2.05) is 80.6 Å². The molecule has 0 aromatic heterocycles. The maximum atomic E-state index is 13.1. The van der Waals surface area contributed by atoms with Gasteiger partial charge in [-0.2, -0.15) is 0 Å². The standard InChI is InChI=1S/C22H24N2O2S.C11H16.Ru/c1-16-13-17(2)15-20(14-16)27(25,26)24-22(19-11-7-4-8-12-19)21(23)18-9-5-3-6-10-18;1-7-6-8(2)10(4)11(5)9(7)3;/h3-15,21-22,24H,23H2,1-2H3;6H,1-5H3;/t21-,22-;;/m0../s1. The minimum absolute atomic E-state index is 0. The molecule has 39 heavy (non-hydrogen) atoms. The molecule has 2 atom stereocenters. The third-order valence-electron chi connectivity index (χ3n) is 7.23. The van der Waals surface area contributed by atoms with E-state index in [1.165, 1.54) is 27.8 Å². The molecule has 0 fully saturated rings. The van der Waals surface area contributed by atoms with Gasteiger partial charge in [0.25, 0.3) is 0 Å². The van der Waals surface area contributed by atoms with Crippen molar-refractivity contribution >= 4 is 10.0 Å². The summed E-state index contributed by atoms with van der Waals surface area (Å²) >= 11 is 0. The zero-order valence-electron chi connectivity index (χ0n) is 23.9. The summed E-state index contributed by atoms with van der Waals surface area (Å²) in [5, 5.41) is 0. The second kappa shape index (κ2) is 14.1. The van der Waals surface area contributed by atoms with Crippen LogP contribution in [-0.4, -0.2) is 8.42 Å². The number of hydrogen-bond acceptors (Lipinski definition) is 3. The van der Waals surface area contributed by atoms with E-state index in [4.69, 9.17) is 5.73 Å². The Kier molecular flexibility index (Phi) is 11.8. The van der Waals surface area contributed by atoms with Gasteiger partial charge in [-0.25, -0.2) is 13.1 Å². The van der Waals surface area contributed by atoms with Gasteiger partial charge in [-0.05, 0) is 111 Å². The van der Waals surface area contributed by atoms with Crippen LogP contribution in [0.2, 0.25) is 0 Å². The van der Waals surface area contributed by atoms with Crippen molar-refractivity contribution in [2.24, 2.45) is 5.73 Å². The quantitative estimate of drug-likeness (QED) is 0.221. The number of sulfonamides is 1. The Balaban J connectivity index is 0.000000375. The molecule has 0 saturated heterocycles. The first-order valence-corrected chi connectivity index (χ1v) is 14.4. The normalized spacial score (nSPS) is 12.5. The molecule has 0 aliphatic heterocycles. The van der Waals surface area contributed by atoms with E-state index in [0.717, 1.165) is 22.3 Å². The van der Waals surface area contributed by atoms with Crippen LogP contribution in [0.15, 0.2) is 89.8 Å². The Labute approximate surface area is 247 Å².